The van der Waals surface area contributed by atoms with Crippen molar-refractivity contribution in [3.8, 4) is 0 Å². The molecule has 5 heterocycles. The molecular formula is C34H42F2N6O2. The summed E-state index contributed by atoms with van der Waals surface area (Å²) in [6.07, 6.45) is 4.49. The highest BCUT2D eigenvalue weighted by Crippen LogP contribution is 2.51. The van der Waals surface area contributed by atoms with Crippen LogP contribution >= 0.6 is 0 Å². The van der Waals surface area contributed by atoms with Crippen LogP contribution in [0.5, 0.6) is 0 Å². The summed E-state index contributed by atoms with van der Waals surface area (Å²) in [5.74, 6) is -0.862. The fourth-order valence-electron chi connectivity index (χ4n) is 7.26. The molecule has 1 spiro atoms. The van der Waals surface area contributed by atoms with Gasteiger partial charge >= 0.3 is 0 Å². The number of rotatable bonds is 3. The van der Waals surface area contributed by atoms with Gasteiger partial charge in [0, 0.05) is 23.7 Å². The molecule has 1 saturated carbocycles. The van der Waals surface area contributed by atoms with Gasteiger partial charge in [0.15, 0.2) is 5.82 Å². The summed E-state index contributed by atoms with van der Waals surface area (Å²) in [4.78, 5) is 34.6. The van der Waals surface area contributed by atoms with Crippen LogP contribution in [0.15, 0.2) is 47.5 Å². The number of hydrogen-bond donors (Lipinski definition) is 2. The molecule has 2 N–H and O–H groups in total. The minimum atomic E-state index is -0.837. The van der Waals surface area contributed by atoms with E-state index < -0.39 is 17.3 Å². The largest absolute Gasteiger partial charge is 0.345 e. The number of carbonyl (C=O) groups is 2. The fourth-order valence-corrected chi connectivity index (χ4v) is 7.26. The van der Waals surface area contributed by atoms with E-state index in [-0.39, 0.29) is 40.0 Å². The van der Waals surface area contributed by atoms with Gasteiger partial charge in [0.2, 0.25) is 0 Å². The molecule has 8 nitrogen and oxygen atoms in total. The number of aliphatic imine (C=N–C) groups is 1. The first-order chi connectivity index (χ1) is 20.7. The molecule has 44 heavy (non-hydrogen) atoms. The molecular weight excluding hydrogens is 562 g/mol. The number of nitrogens with zero attached hydrogens (tertiary/aromatic N) is 4. The normalized spacial score (nSPS) is 25.4. The van der Waals surface area contributed by atoms with Crippen molar-refractivity contribution >= 4 is 17.5 Å². The highest BCUT2D eigenvalue weighted by molar-refractivity contribution is 6.46. The predicted molar refractivity (Wildman–Crippen MR) is 164 cm³/mol. The van der Waals surface area contributed by atoms with Gasteiger partial charge < -0.3 is 10.2 Å². The number of halogens is 2. The van der Waals surface area contributed by atoms with Crippen molar-refractivity contribution in [1.29, 1.82) is 0 Å². The zero-order chi connectivity index (χ0) is 31.4. The molecule has 2 aromatic carbocycles. The molecule has 1 fully saturated rings. The second kappa shape index (κ2) is 11.0. The molecule has 0 unspecified atom stereocenters. The van der Waals surface area contributed by atoms with Gasteiger partial charge in [-0.15, -0.1) is 5.10 Å². The Morgan fingerprint density at radius 3 is 2.23 bits per heavy atom. The maximum Gasteiger partial charge on any atom is 0.275 e. The average Bonchev–Trinajstić information content (AvgIpc) is 3.21. The van der Waals surface area contributed by atoms with Gasteiger partial charge in [-0.05, 0) is 85.1 Å². The summed E-state index contributed by atoms with van der Waals surface area (Å²) in [5.41, 5.74) is 0.765. The van der Waals surface area contributed by atoms with Gasteiger partial charge in [0.25, 0.3) is 11.8 Å². The smallest absolute Gasteiger partial charge is 0.275 e. The van der Waals surface area contributed by atoms with E-state index in [1.54, 1.807) is 12.1 Å². The van der Waals surface area contributed by atoms with E-state index in [2.05, 4.69) is 50.2 Å². The third-order valence-electron chi connectivity index (χ3n) is 9.84. The Balaban J connectivity index is 1.47. The predicted octanol–water partition coefficient (Wildman–Crippen LogP) is 6.54. The van der Waals surface area contributed by atoms with Crippen LogP contribution in [0.1, 0.15) is 106 Å². The number of aromatic amines is 1. The molecule has 4 bridgehead atoms. The molecule has 4 aliphatic heterocycles. The highest BCUT2D eigenvalue weighted by Gasteiger charge is 2.53. The number of fused-ring (bicyclic) bond motifs is 2. The van der Waals surface area contributed by atoms with Gasteiger partial charge in [0.1, 0.15) is 23.0 Å². The average molecular weight is 605 g/mol. The molecule has 0 saturated heterocycles. The van der Waals surface area contributed by atoms with Crippen molar-refractivity contribution < 1.29 is 18.4 Å². The third-order valence-corrected chi connectivity index (χ3v) is 9.84. The Morgan fingerprint density at radius 2 is 1.64 bits per heavy atom. The molecule has 1 aliphatic carbocycles. The summed E-state index contributed by atoms with van der Waals surface area (Å²) in [7, 11) is 0. The lowest BCUT2D eigenvalue weighted by Crippen LogP contribution is -2.52. The highest BCUT2D eigenvalue weighted by atomic mass is 19.1. The SMILES string of the molecule is CC(C)(C)CC[C@@H]1c2ccc(cc2)C(=O)NCc2n[nH]n2CC(C)(C)C2CCC3(CC2)N=C(c2cc(F)cc(F)c2)C(=O)N13. The zero-order valence-corrected chi connectivity index (χ0v) is 26.2. The molecule has 0 radical (unpaired) electrons. The standard InChI is InChI=1S/C34H42F2N6O2/c1-32(2,3)13-12-27-21-6-8-22(9-7-21)30(43)37-19-28-39-40-41(28)20-33(4,5)24-10-14-34(15-11-24)38-29(31(44)42(27)34)23-16-25(35)18-26(36)17-23/h6-9,16-18,24,27,40H,10-15,19-20H2,1-5H3,(H,37,43)/t24?,27-,34?/m1/s1. The van der Waals surface area contributed by atoms with E-state index in [0.717, 1.165) is 36.7 Å². The lowest BCUT2D eigenvalue weighted by molar-refractivity contribution is -0.134. The Kier molecular flexibility index (Phi) is 7.53. The van der Waals surface area contributed by atoms with Gasteiger partial charge in [-0.3, -0.25) is 19.3 Å². The third kappa shape index (κ3) is 5.71. The number of hydrogen-bond acceptors (Lipinski definition) is 4. The van der Waals surface area contributed by atoms with E-state index in [1.165, 1.54) is 12.1 Å². The van der Waals surface area contributed by atoms with Gasteiger partial charge in [-0.25, -0.2) is 14.0 Å². The number of H-pyrrole nitrogens is 1. The van der Waals surface area contributed by atoms with Crippen LogP contribution in [0.25, 0.3) is 0 Å². The minimum Gasteiger partial charge on any atom is -0.345 e. The van der Waals surface area contributed by atoms with Crippen molar-refractivity contribution in [3.63, 3.8) is 0 Å². The van der Waals surface area contributed by atoms with Gasteiger partial charge in [-0.2, -0.15) is 0 Å². The van der Waals surface area contributed by atoms with Crippen molar-refractivity contribution in [1.82, 2.24) is 25.2 Å². The van der Waals surface area contributed by atoms with Crippen LogP contribution < -0.4 is 5.32 Å². The van der Waals surface area contributed by atoms with Crippen LogP contribution in [0, 0.1) is 28.4 Å². The molecule has 8 rings (SSSR count). The minimum absolute atomic E-state index is 0.00572. The second-order valence-corrected chi connectivity index (χ2v) is 14.7. The van der Waals surface area contributed by atoms with Crippen molar-refractivity contribution in [2.45, 2.75) is 97.9 Å². The maximum atomic E-state index is 14.5. The molecule has 234 valence electrons. The Hall–Kier alpha value is -3.82. The molecule has 1 aromatic heterocycles. The molecule has 5 aliphatic rings. The Morgan fingerprint density at radius 1 is 0.977 bits per heavy atom. The van der Waals surface area contributed by atoms with Crippen LogP contribution in [0.3, 0.4) is 0 Å². The van der Waals surface area contributed by atoms with Crippen LogP contribution in [0.2, 0.25) is 0 Å². The van der Waals surface area contributed by atoms with E-state index in [4.69, 9.17) is 4.99 Å². The summed E-state index contributed by atoms with van der Waals surface area (Å²) in [5, 5.41) is 10.3. The first-order valence-electron chi connectivity index (χ1n) is 15.6. The van der Waals surface area contributed by atoms with Gasteiger partial charge in [-0.1, -0.05) is 46.8 Å². The van der Waals surface area contributed by atoms with Crippen LogP contribution in [-0.2, 0) is 17.9 Å². The maximum absolute atomic E-state index is 14.5. The van der Waals surface area contributed by atoms with Crippen molar-refractivity contribution in [3.05, 3.63) is 76.6 Å². The lowest BCUT2D eigenvalue weighted by Gasteiger charge is -2.48. The second-order valence-electron chi connectivity index (χ2n) is 14.7. The zero-order valence-electron chi connectivity index (χ0n) is 26.2. The van der Waals surface area contributed by atoms with E-state index in [0.29, 0.717) is 43.8 Å². The number of nitrogens with one attached hydrogen (secondary N) is 2. The fraction of sp³-hybridized carbons (Fsp3) is 0.529. The number of carbonyl (C=O) groups excluding carboxylic acids is 2. The Labute approximate surface area is 257 Å². The first-order valence-corrected chi connectivity index (χ1v) is 15.6. The molecule has 10 heteroatoms. The first kappa shape index (κ1) is 30.2. The van der Waals surface area contributed by atoms with Gasteiger partial charge in [0.05, 0.1) is 12.6 Å². The number of aromatic nitrogens is 3. The number of amides is 2. The van der Waals surface area contributed by atoms with E-state index >= 15 is 0 Å². The van der Waals surface area contributed by atoms with Crippen LogP contribution in [-0.4, -0.2) is 43.1 Å². The molecule has 2 amide bonds. The summed E-state index contributed by atoms with van der Waals surface area (Å²) in [6, 6.07) is 10.3. The van der Waals surface area contributed by atoms with Crippen LogP contribution in [0.4, 0.5) is 8.78 Å². The summed E-state index contributed by atoms with van der Waals surface area (Å²) < 4.78 is 30.8. The quantitative estimate of drug-likeness (QED) is 0.355. The number of benzene rings is 2. The summed E-state index contributed by atoms with van der Waals surface area (Å²) in [6.45, 7) is 12.0. The van der Waals surface area contributed by atoms with Crippen molar-refractivity contribution in [2.75, 3.05) is 0 Å². The van der Waals surface area contributed by atoms with E-state index in [9.17, 15) is 18.4 Å². The lowest BCUT2D eigenvalue weighted by atomic mass is 9.68. The monoisotopic (exact) mass is 604 g/mol. The summed E-state index contributed by atoms with van der Waals surface area (Å²) >= 11 is 0. The Bertz CT molecular complexity index is 1570. The topological polar surface area (TPSA) is 95.4 Å². The molecule has 3 aromatic rings. The molecule has 1 atom stereocenters. The van der Waals surface area contributed by atoms with E-state index in [1.807, 2.05) is 21.7 Å². The van der Waals surface area contributed by atoms with Crippen molar-refractivity contribution in [2.24, 2.45) is 21.7 Å².